The van der Waals surface area contributed by atoms with Crippen molar-refractivity contribution in [3.8, 4) is 0 Å². The number of hydrogen-bond acceptors (Lipinski definition) is 3. The number of aliphatic carboxylic acids is 1. The van der Waals surface area contributed by atoms with E-state index in [0.29, 0.717) is 5.65 Å². The number of fused-ring (bicyclic) bond motifs is 1. The van der Waals surface area contributed by atoms with Crippen LogP contribution in [0.5, 0.6) is 0 Å². The highest BCUT2D eigenvalue weighted by molar-refractivity contribution is 5.95. The minimum Gasteiger partial charge on any atom is -0.480 e. The summed E-state index contributed by atoms with van der Waals surface area (Å²) in [5, 5.41) is 11.2. The van der Waals surface area contributed by atoms with Crippen molar-refractivity contribution in [2.45, 2.75) is 19.4 Å². The van der Waals surface area contributed by atoms with Crippen molar-refractivity contribution in [2.24, 2.45) is 0 Å². The van der Waals surface area contributed by atoms with E-state index in [1.165, 1.54) is 28.9 Å². The fourth-order valence-electron chi connectivity index (χ4n) is 1.64. The summed E-state index contributed by atoms with van der Waals surface area (Å²) in [4.78, 5) is 26.6. The van der Waals surface area contributed by atoms with Crippen LogP contribution in [0.1, 0.15) is 23.8 Å². The lowest BCUT2D eigenvalue weighted by atomic mass is 10.2. The fourth-order valence-corrected chi connectivity index (χ4v) is 1.64. The monoisotopic (exact) mass is 265 g/mol. The fraction of sp³-hybridized carbons (Fsp3) is 0.250. The number of carboxylic acids is 1. The van der Waals surface area contributed by atoms with Gasteiger partial charge in [-0.25, -0.2) is 14.2 Å². The molecule has 0 aromatic carbocycles. The average molecular weight is 265 g/mol. The second kappa shape index (κ2) is 5.05. The van der Waals surface area contributed by atoms with Crippen LogP contribution in [-0.4, -0.2) is 32.4 Å². The summed E-state index contributed by atoms with van der Waals surface area (Å²) in [6.07, 6.45) is 2.80. The maximum atomic E-state index is 13.0. The van der Waals surface area contributed by atoms with Crippen LogP contribution in [0.25, 0.3) is 5.65 Å². The number of carbonyl (C=O) groups is 2. The first kappa shape index (κ1) is 13.0. The molecule has 2 aromatic heterocycles. The number of aromatic nitrogens is 2. The Balaban J connectivity index is 2.24. The molecule has 0 aliphatic rings. The molecule has 2 N–H and O–H groups in total. The summed E-state index contributed by atoms with van der Waals surface area (Å²) in [6.45, 7) is 1.65. The van der Waals surface area contributed by atoms with E-state index in [-0.39, 0.29) is 12.1 Å². The number of rotatable bonds is 4. The Kier molecular flexibility index (Phi) is 3.46. The molecule has 0 aliphatic carbocycles. The van der Waals surface area contributed by atoms with Crippen molar-refractivity contribution in [1.82, 2.24) is 14.7 Å². The molecule has 1 amide bonds. The lowest BCUT2D eigenvalue weighted by Crippen LogP contribution is -2.40. The Morgan fingerprint density at radius 2 is 2.21 bits per heavy atom. The molecule has 0 saturated carbocycles. The van der Waals surface area contributed by atoms with Crippen LogP contribution >= 0.6 is 0 Å². The van der Waals surface area contributed by atoms with Gasteiger partial charge < -0.3 is 14.8 Å². The Hall–Kier alpha value is -2.44. The van der Waals surface area contributed by atoms with Crippen molar-refractivity contribution >= 4 is 17.5 Å². The lowest BCUT2D eigenvalue weighted by Gasteiger charge is -2.10. The summed E-state index contributed by atoms with van der Waals surface area (Å²) in [7, 11) is 0. The van der Waals surface area contributed by atoms with Crippen LogP contribution in [0.3, 0.4) is 0 Å². The van der Waals surface area contributed by atoms with Crippen LogP contribution < -0.4 is 5.32 Å². The number of amides is 1. The van der Waals surface area contributed by atoms with Crippen LogP contribution in [0.15, 0.2) is 24.5 Å². The van der Waals surface area contributed by atoms with Gasteiger partial charge in [-0.15, -0.1) is 0 Å². The molecule has 0 spiro atoms. The van der Waals surface area contributed by atoms with Gasteiger partial charge >= 0.3 is 5.97 Å². The predicted molar refractivity (Wildman–Crippen MR) is 64.3 cm³/mol. The largest absolute Gasteiger partial charge is 0.480 e. The molecule has 19 heavy (non-hydrogen) atoms. The molecule has 0 bridgehead atoms. The minimum atomic E-state index is -1.11. The number of imidazole rings is 1. The molecule has 7 heteroatoms. The molecular weight excluding hydrogens is 253 g/mol. The maximum absolute atomic E-state index is 13.0. The highest BCUT2D eigenvalue weighted by Crippen LogP contribution is 2.07. The molecule has 0 radical (unpaired) electrons. The van der Waals surface area contributed by atoms with Crippen molar-refractivity contribution in [2.75, 3.05) is 0 Å². The highest BCUT2D eigenvalue weighted by atomic mass is 19.1. The van der Waals surface area contributed by atoms with E-state index in [1.807, 2.05) is 0 Å². The molecule has 0 aliphatic heterocycles. The van der Waals surface area contributed by atoms with Crippen LogP contribution in [0.2, 0.25) is 0 Å². The number of carboxylic acid groups (broad SMARTS) is 1. The van der Waals surface area contributed by atoms with E-state index in [1.54, 1.807) is 6.92 Å². The van der Waals surface area contributed by atoms with E-state index in [2.05, 4.69) is 10.3 Å². The van der Waals surface area contributed by atoms with Gasteiger partial charge in [0.2, 0.25) is 0 Å². The SMILES string of the molecule is CCC(NC(=O)c1cn2cc(F)ccc2n1)C(=O)O. The zero-order valence-corrected chi connectivity index (χ0v) is 10.1. The second-order valence-electron chi connectivity index (χ2n) is 4.01. The van der Waals surface area contributed by atoms with Gasteiger partial charge in [0.15, 0.2) is 0 Å². The minimum absolute atomic E-state index is 0.0466. The highest BCUT2D eigenvalue weighted by Gasteiger charge is 2.20. The van der Waals surface area contributed by atoms with Crippen molar-refractivity contribution < 1.29 is 19.1 Å². The number of nitrogens with one attached hydrogen (secondary N) is 1. The first-order chi connectivity index (χ1) is 9.01. The van der Waals surface area contributed by atoms with E-state index < -0.39 is 23.7 Å². The van der Waals surface area contributed by atoms with E-state index in [4.69, 9.17) is 5.11 Å². The molecule has 1 unspecified atom stereocenters. The van der Waals surface area contributed by atoms with Gasteiger partial charge in [0.25, 0.3) is 5.91 Å². The average Bonchev–Trinajstić information content (AvgIpc) is 2.78. The Morgan fingerprint density at radius 3 is 2.84 bits per heavy atom. The molecule has 0 saturated heterocycles. The van der Waals surface area contributed by atoms with Gasteiger partial charge in [-0.2, -0.15) is 0 Å². The van der Waals surface area contributed by atoms with E-state index in [0.717, 1.165) is 0 Å². The van der Waals surface area contributed by atoms with Gasteiger partial charge in [0, 0.05) is 12.4 Å². The summed E-state index contributed by atoms with van der Waals surface area (Å²) >= 11 is 0. The van der Waals surface area contributed by atoms with Gasteiger partial charge in [0.05, 0.1) is 0 Å². The van der Waals surface area contributed by atoms with Gasteiger partial charge in [0.1, 0.15) is 23.2 Å². The smallest absolute Gasteiger partial charge is 0.326 e. The van der Waals surface area contributed by atoms with Gasteiger partial charge in [-0.1, -0.05) is 6.92 Å². The van der Waals surface area contributed by atoms with Gasteiger partial charge in [-0.3, -0.25) is 4.79 Å². The Morgan fingerprint density at radius 1 is 1.47 bits per heavy atom. The number of nitrogens with zero attached hydrogens (tertiary/aromatic N) is 2. The third-order valence-electron chi connectivity index (χ3n) is 2.66. The number of halogens is 1. The molecular formula is C12H12FN3O3. The van der Waals surface area contributed by atoms with Crippen molar-refractivity contribution in [3.05, 3.63) is 36.0 Å². The third kappa shape index (κ3) is 2.70. The van der Waals surface area contributed by atoms with E-state index in [9.17, 15) is 14.0 Å². The lowest BCUT2D eigenvalue weighted by molar-refractivity contribution is -0.139. The molecule has 1 atom stereocenters. The standard InChI is InChI=1S/C12H12FN3O3/c1-2-8(12(18)19)15-11(17)9-6-16-5-7(13)3-4-10(16)14-9/h3-6,8H,2H2,1H3,(H,15,17)(H,18,19). The van der Waals surface area contributed by atoms with E-state index >= 15 is 0 Å². The van der Waals surface area contributed by atoms with Crippen LogP contribution in [0.4, 0.5) is 4.39 Å². The first-order valence-electron chi connectivity index (χ1n) is 5.69. The zero-order valence-electron chi connectivity index (χ0n) is 10.1. The maximum Gasteiger partial charge on any atom is 0.326 e. The number of pyridine rings is 1. The number of hydrogen-bond donors (Lipinski definition) is 2. The van der Waals surface area contributed by atoms with Crippen molar-refractivity contribution in [1.29, 1.82) is 0 Å². The summed E-state index contributed by atoms with van der Waals surface area (Å²) in [5.74, 6) is -2.15. The quantitative estimate of drug-likeness (QED) is 0.866. The molecule has 100 valence electrons. The summed E-state index contributed by atoms with van der Waals surface area (Å²) in [6, 6.07) is 1.70. The third-order valence-corrected chi connectivity index (χ3v) is 2.66. The number of carbonyl (C=O) groups excluding carboxylic acids is 1. The predicted octanol–water partition coefficient (Wildman–Crippen LogP) is 1.07. The zero-order chi connectivity index (χ0) is 14.0. The summed E-state index contributed by atoms with van der Waals surface area (Å²) in [5.41, 5.74) is 0.459. The molecule has 6 nitrogen and oxygen atoms in total. The molecule has 2 rings (SSSR count). The first-order valence-corrected chi connectivity index (χ1v) is 5.69. The normalized spacial score (nSPS) is 12.3. The van der Waals surface area contributed by atoms with Crippen molar-refractivity contribution in [3.63, 3.8) is 0 Å². The molecule has 2 aromatic rings. The Labute approximate surface area is 107 Å². The van der Waals surface area contributed by atoms with Gasteiger partial charge in [-0.05, 0) is 18.6 Å². The summed E-state index contributed by atoms with van der Waals surface area (Å²) < 4.78 is 14.4. The topological polar surface area (TPSA) is 83.7 Å². The second-order valence-corrected chi connectivity index (χ2v) is 4.01. The van der Waals surface area contributed by atoms with Crippen LogP contribution in [0, 0.1) is 5.82 Å². The molecule has 0 fully saturated rings. The Bertz CT molecular complexity index is 638. The molecule has 2 heterocycles. The van der Waals surface area contributed by atoms with Crippen LogP contribution in [-0.2, 0) is 4.79 Å².